The number of rotatable bonds is 4. The molecule has 21 heavy (non-hydrogen) atoms. The molecule has 2 aromatic rings. The topological polar surface area (TPSA) is 93.4 Å². The van der Waals surface area contributed by atoms with Crippen LogP contribution in [0.2, 0.25) is 0 Å². The third-order valence-electron chi connectivity index (χ3n) is 4.77. The zero-order valence-electron chi connectivity index (χ0n) is 12.9. The Morgan fingerprint density at radius 1 is 1.05 bits per heavy atom. The summed E-state index contributed by atoms with van der Waals surface area (Å²) in [6.07, 6.45) is 3.01. The van der Waals surface area contributed by atoms with Crippen molar-refractivity contribution in [3.63, 3.8) is 0 Å². The molecule has 8 nitrogen and oxygen atoms in total. The van der Waals surface area contributed by atoms with E-state index in [1.165, 1.54) is 11.0 Å². The first kappa shape index (κ1) is 13.7. The van der Waals surface area contributed by atoms with E-state index in [9.17, 15) is 0 Å². The fraction of sp³-hybridized carbons (Fsp3) is 0.615. The quantitative estimate of drug-likeness (QED) is 0.876. The molecule has 0 spiro atoms. The normalized spacial score (nSPS) is 19.3. The van der Waals surface area contributed by atoms with Crippen molar-refractivity contribution < 1.29 is 0 Å². The molecule has 8 heteroatoms. The number of hydrogen-bond acceptors (Lipinski definition) is 7. The Labute approximate surface area is 123 Å². The van der Waals surface area contributed by atoms with Gasteiger partial charge in [0.15, 0.2) is 0 Å². The Morgan fingerprint density at radius 3 is 2.24 bits per heavy atom. The van der Waals surface area contributed by atoms with Crippen molar-refractivity contribution in [2.24, 2.45) is 10.8 Å². The molecule has 0 atom stereocenters. The van der Waals surface area contributed by atoms with E-state index >= 15 is 0 Å². The van der Waals surface area contributed by atoms with Crippen LogP contribution in [0.15, 0.2) is 12.7 Å². The van der Waals surface area contributed by atoms with Crippen LogP contribution in [-0.4, -0.2) is 42.8 Å². The molecule has 1 saturated carbocycles. The van der Waals surface area contributed by atoms with Gasteiger partial charge in [0.1, 0.15) is 12.7 Å². The molecule has 0 aromatic carbocycles. The van der Waals surface area contributed by atoms with E-state index in [-0.39, 0.29) is 10.8 Å². The van der Waals surface area contributed by atoms with Crippen molar-refractivity contribution in [3.8, 4) is 5.95 Å². The summed E-state index contributed by atoms with van der Waals surface area (Å²) in [5.41, 5.74) is 0.402. The van der Waals surface area contributed by atoms with Crippen LogP contribution < -0.4 is 10.6 Å². The van der Waals surface area contributed by atoms with Crippen LogP contribution in [0.4, 0.5) is 11.9 Å². The molecule has 2 N–H and O–H groups in total. The van der Waals surface area contributed by atoms with Gasteiger partial charge in [-0.25, -0.2) is 4.98 Å². The van der Waals surface area contributed by atoms with E-state index in [1.807, 2.05) is 0 Å². The van der Waals surface area contributed by atoms with E-state index in [0.29, 0.717) is 23.9 Å². The summed E-state index contributed by atoms with van der Waals surface area (Å²) >= 11 is 0. The summed E-state index contributed by atoms with van der Waals surface area (Å²) in [7, 11) is 1.77. The van der Waals surface area contributed by atoms with Gasteiger partial charge in [-0.1, -0.05) is 27.7 Å². The Kier molecular flexibility index (Phi) is 2.86. The van der Waals surface area contributed by atoms with E-state index < -0.39 is 0 Å². The van der Waals surface area contributed by atoms with Crippen molar-refractivity contribution in [2.75, 3.05) is 17.7 Å². The summed E-state index contributed by atoms with van der Waals surface area (Å²) in [5.74, 6) is 1.48. The van der Waals surface area contributed by atoms with Gasteiger partial charge in [0.25, 0.3) is 5.95 Å². The van der Waals surface area contributed by atoms with Crippen LogP contribution in [0, 0.1) is 10.8 Å². The Morgan fingerprint density at radius 2 is 1.71 bits per heavy atom. The molecule has 2 heterocycles. The molecule has 0 unspecified atom stereocenters. The van der Waals surface area contributed by atoms with E-state index in [2.05, 4.69) is 63.4 Å². The molecule has 3 rings (SSSR count). The van der Waals surface area contributed by atoms with Crippen molar-refractivity contribution >= 4 is 11.9 Å². The summed E-state index contributed by atoms with van der Waals surface area (Å²) in [6, 6.07) is 0.320. The first-order chi connectivity index (χ1) is 9.86. The van der Waals surface area contributed by atoms with Gasteiger partial charge in [-0.2, -0.15) is 24.7 Å². The number of nitrogens with one attached hydrogen (secondary N) is 2. The van der Waals surface area contributed by atoms with Gasteiger partial charge >= 0.3 is 0 Å². The molecule has 2 aromatic heterocycles. The van der Waals surface area contributed by atoms with Gasteiger partial charge in [-0.15, -0.1) is 0 Å². The smallest absolute Gasteiger partial charge is 0.258 e. The number of aromatic nitrogens is 6. The lowest BCUT2D eigenvalue weighted by molar-refractivity contribution is 0.457. The monoisotopic (exact) mass is 288 g/mol. The Balaban J connectivity index is 1.91. The van der Waals surface area contributed by atoms with Gasteiger partial charge in [0, 0.05) is 13.1 Å². The second kappa shape index (κ2) is 4.37. The minimum absolute atomic E-state index is 0.201. The molecule has 0 aliphatic heterocycles. The largest absolute Gasteiger partial charge is 0.357 e. The number of anilines is 2. The van der Waals surface area contributed by atoms with Crippen LogP contribution in [0.1, 0.15) is 27.7 Å². The van der Waals surface area contributed by atoms with Gasteiger partial charge in [-0.05, 0) is 10.8 Å². The first-order valence-electron chi connectivity index (χ1n) is 6.91. The van der Waals surface area contributed by atoms with Crippen molar-refractivity contribution in [1.29, 1.82) is 0 Å². The maximum atomic E-state index is 4.42. The Hall–Kier alpha value is -2.25. The highest BCUT2D eigenvalue weighted by atomic mass is 15.4. The first-order valence-corrected chi connectivity index (χ1v) is 6.91. The zero-order chi connectivity index (χ0) is 15.3. The molecule has 1 fully saturated rings. The van der Waals surface area contributed by atoms with Crippen molar-refractivity contribution in [1.82, 2.24) is 29.7 Å². The standard InChI is InChI=1S/C13H20N8/c1-12(2)8(13(12,3)4)17-10-18-9(14-5)19-11(20-10)21-7-15-6-16-21/h6-8H,1-5H3,(H2,14,17,18,19,20). The third kappa shape index (κ3) is 2.10. The molecule has 1 aliphatic carbocycles. The summed E-state index contributed by atoms with van der Waals surface area (Å²) in [5, 5.41) is 10.4. The predicted molar refractivity (Wildman–Crippen MR) is 79.3 cm³/mol. The van der Waals surface area contributed by atoms with Gasteiger partial charge in [0.2, 0.25) is 11.9 Å². The fourth-order valence-electron chi connectivity index (χ4n) is 2.64. The highest BCUT2D eigenvalue weighted by molar-refractivity contribution is 5.42. The van der Waals surface area contributed by atoms with Crippen LogP contribution in [0.25, 0.3) is 5.95 Å². The van der Waals surface area contributed by atoms with Crippen LogP contribution in [-0.2, 0) is 0 Å². The van der Waals surface area contributed by atoms with E-state index in [4.69, 9.17) is 0 Å². The lowest BCUT2D eigenvalue weighted by atomic mass is 10.0. The second-order valence-electron chi connectivity index (χ2n) is 6.39. The van der Waals surface area contributed by atoms with Gasteiger partial charge < -0.3 is 10.6 Å². The minimum Gasteiger partial charge on any atom is -0.357 e. The summed E-state index contributed by atoms with van der Waals surface area (Å²) < 4.78 is 1.51. The van der Waals surface area contributed by atoms with E-state index in [1.54, 1.807) is 13.4 Å². The molecular weight excluding hydrogens is 268 g/mol. The third-order valence-corrected chi connectivity index (χ3v) is 4.77. The molecule has 112 valence electrons. The highest BCUT2D eigenvalue weighted by Gasteiger charge is 2.65. The van der Waals surface area contributed by atoms with Gasteiger partial charge in [-0.3, -0.25) is 0 Å². The second-order valence-corrected chi connectivity index (χ2v) is 6.39. The van der Waals surface area contributed by atoms with Crippen LogP contribution >= 0.6 is 0 Å². The van der Waals surface area contributed by atoms with Gasteiger partial charge in [0.05, 0.1) is 0 Å². The molecule has 0 amide bonds. The van der Waals surface area contributed by atoms with Crippen molar-refractivity contribution in [2.45, 2.75) is 33.7 Å². The summed E-state index contributed by atoms with van der Waals surface area (Å²) in [6.45, 7) is 8.96. The molecular formula is C13H20N8. The Bertz CT molecular complexity index is 632. The van der Waals surface area contributed by atoms with Crippen molar-refractivity contribution in [3.05, 3.63) is 12.7 Å². The summed E-state index contributed by atoms with van der Waals surface area (Å²) in [4.78, 5) is 17.0. The SMILES string of the molecule is CNc1nc(NC2C(C)(C)C2(C)C)nc(-n2cncn2)n1. The molecule has 1 aliphatic rings. The maximum absolute atomic E-state index is 4.42. The highest BCUT2D eigenvalue weighted by Crippen LogP contribution is 2.63. The average Bonchev–Trinajstić information content (AvgIpc) is 2.88. The predicted octanol–water partition coefficient (Wildman–Crippen LogP) is 1.34. The number of nitrogens with zero attached hydrogens (tertiary/aromatic N) is 6. The molecule has 0 bridgehead atoms. The lowest BCUT2D eigenvalue weighted by Crippen LogP contribution is -2.16. The molecule has 0 saturated heterocycles. The van der Waals surface area contributed by atoms with Crippen LogP contribution in [0.3, 0.4) is 0 Å². The maximum Gasteiger partial charge on any atom is 0.258 e. The minimum atomic E-state index is 0.201. The lowest BCUT2D eigenvalue weighted by Gasteiger charge is -2.09. The molecule has 0 radical (unpaired) electrons. The number of hydrogen-bond donors (Lipinski definition) is 2. The van der Waals surface area contributed by atoms with E-state index in [0.717, 1.165) is 0 Å². The average molecular weight is 288 g/mol. The fourth-order valence-corrected chi connectivity index (χ4v) is 2.64. The van der Waals surface area contributed by atoms with Crippen LogP contribution in [0.5, 0.6) is 0 Å². The zero-order valence-corrected chi connectivity index (χ0v) is 12.9.